The van der Waals surface area contributed by atoms with Crippen LogP contribution in [0, 0.1) is 0 Å². The minimum Gasteiger partial charge on any atom is -0.478 e. The lowest BCUT2D eigenvalue weighted by Crippen LogP contribution is -2.04. The van der Waals surface area contributed by atoms with E-state index < -0.39 is 5.97 Å². The van der Waals surface area contributed by atoms with Gasteiger partial charge in [0.2, 0.25) is 0 Å². The summed E-state index contributed by atoms with van der Waals surface area (Å²) in [6.07, 6.45) is 0. The van der Waals surface area contributed by atoms with Gasteiger partial charge in [-0.25, -0.2) is 4.79 Å². The van der Waals surface area contributed by atoms with Crippen LogP contribution in [0.1, 0.15) is 17.3 Å². The van der Waals surface area contributed by atoms with E-state index in [4.69, 9.17) is 22.4 Å². The van der Waals surface area contributed by atoms with E-state index in [2.05, 4.69) is 0 Å². The topological polar surface area (TPSA) is 63.3 Å². The number of nitrogen functional groups attached to an aromatic ring is 1. The Kier molecular flexibility index (Phi) is 3.66. The number of hydrogen-bond donors (Lipinski definition) is 2. The smallest absolute Gasteiger partial charge is 0.339 e. The molecule has 0 saturated heterocycles. The minimum atomic E-state index is -1.09. The van der Waals surface area contributed by atoms with Gasteiger partial charge in [-0.2, -0.15) is 0 Å². The standard InChI is InChI=1S/C9H10ClNO2S/c1-2-14-6-4-3-5(10)7(8(6)11)9(12)13/h3-4H,2,11H2,1H3,(H,12,13). The van der Waals surface area contributed by atoms with Crippen LogP contribution in [0.4, 0.5) is 5.69 Å². The van der Waals surface area contributed by atoms with Gasteiger partial charge in [-0.3, -0.25) is 0 Å². The molecule has 1 aromatic rings. The Hall–Kier alpha value is -0.870. The van der Waals surface area contributed by atoms with Crippen LogP contribution in [0.15, 0.2) is 17.0 Å². The first-order valence-corrected chi connectivity index (χ1v) is 5.38. The number of benzene rings is 1. The van der Waals surface area contributed by atoms with Crippen molar-refractivity contribution < 1.29 is 9.90 Å². The largest absolute Gasteiger partial charge is 0.478 e. The van der Waals surface area contributed by atoms with Crippen molar-refractivity contribution in [3.8, 4) is 0 Å². The Balaban J connectivity index is 3.26. The summed E-state index contributed by atoms with van der Waals surface area (Å²) in [5, 5.41) is 9.04. The van der Waals surface area contributed by atoms with Gasteiger partial charge < -0.3 is 10.8 Å². The summed E-state index contributed by atoms with van der Waals surface area (Å²) in [6, 6.07) is 3.29. The highest BCUT2D eigenvalue weighted by Gasteiger charge is 2.15. The maximum atomic E-state index is 10.8. The molecule has 0 bridgehead atoms. The van der Waals surface area contributed by atoms with Crippen molar-refractivity contribution in [3.63, 3.8) is 0 Å². The molecule has 0 aliphatic heterocycles. The Labute approximate surface area is 91.2 Å². The van der Waals surface area contributed by atoms with Crippen molar-refractivity contribution in [1.82, 2.24) is 0 Å². The monoisotopic (exact) mass is 231 g/mol. The van der Waals surface area contributed by atoms with Crippen molar-refractivity contribution in [3.05, 3.63) is 22.7 Å². The van der Waals surface area contributed by atoms with E-state index in [-0.39, 0.29) is 16.3 Å². The van der Waals surface area contributed by atoms with E-state index in [0.29, 0.717) is 0 Å². The quantitative estimate of drug-likeness (QED) is 0.620. The fraction of sp³-hybridized carbons (Fsp3) is 0.222. The van der Waals surface area contributed by atoms with Gasteiger partial charge in [0.1, 0.15) is 5.56 Å². The number of hydrogen-bond acceptors (Lipinski definition) is 3. The van der Waals surface area contributed by atoms with E-state index in [1.54, 1.807) is 12.1 Å². The number of anilines is 1. The first-order valence-electron chi connectivity index (χ1n) is 4.02. The zero-order valence-corrected chi connectivity index (χ0v) is 9.15. The number of halogens is 1. The number of carboxylic acid groups (broad SMARTS) is 1. The molecule has 0 aromatic heterocycles. The van der Waals surface area contributed by atoms with E-state index >= 15 is 0 Å². The highest BCUT2D eigenvalue weighted by Crippen LogP contribution is 2.32. The second-order valence-electron chi connectivity index (χ2n) is 2.57. The molecule has 0 unspecified atom stereocenters. The fourth-order valence-corrected chi connectivity index (χ4v) is 2.05. The van der Waals surface area contributed by atoms with Crippen molar-refractivity contribution in [2.75, 3.05) is 11.5 Å². The average molecular weight is 232 g/mol. The van der Waals surface area contributed by atoms with Gasteiger partial charge in [0, 0.05) is 4.90 Å². The van der Waals surface area contributed by atoms with Crippen LogP contribution in [0.3, 0.4) is 0 Å². The maximum Gasteiger partial charge on any atom is 0.339 e. The maximum absolute atomic E-state index is 10.8. The van der Waals surface area contributed by atoms with Crippen LogP contribution in [-0.4, -0.2) is 16.8 Å². The predicted octanol–water partition coefficient (Wildman–Crippen LogP) is 2.73. The molecule has 76 valence electrons. The van der Waals surface area contributed by atoms with Crippen LogP contribution in [-0.2, 0) is 0 Å². The Morgan fingerprint density at radius 3 is 2.79 bits per heavy atom. The van der Waals surface area contributed by atoms with Crippen molar-refractivity contribution in [2.24, 2.45) is 0 Å². The third-order valence-corrected chi connectivity index (χ3v) is 2.94. The molecule has 3 N–H and O–H groups in total. The number of carbonyl (C=O) groups is 1. The van der Waals surface area contributed by atoms with Crippen molar-refractivity contribution in [2.45, 2.75) is 11.8 Å². The SMILES string of the molecule is CCSc1ccc(Cl)c(C(=O)O)c1N. The first kappa shape index (κ1) is 11.2. The molecule has 14 heavy (non-hydrogen) atoms. The zero-order valence-electron chi connectivity index (χ0n) is 7.58. The highest BCUT2D eigenvalue weighted by molar-refractivity contribution is 7.99. The third kappa shape index (κ3) is 2.13. The van der Waals surface area contributed by atoms with E-state index in [1.807, 2.05) is 6.92 Å². The van der Waals surface area contributed by atoms with Gasteiger partial charge in [0.05, 0.1) is 10.7 Å². The number of rotatable bonds is 3. The summed E-state index contributed by atoms with van der Waals surface area (Å²) < 4.78 is 0. The molecule has 0 fully saturated rings. The van der Waals surface area contributed by atoms with Crippen molar-refractivity contribution >= 4 is 35.0 Å². The molecule has 0 amide bonds. The molecular formula is C9H10ClNO2S. The van der Waals surface area contributed by atoms with Gasteiger partial charge in [0.15, 0.2) is 0 Å². The van der Waals surface area contributed by atoms with E-state index in [9.17, 15) is 4.79 Å². The Morgan fingerprint density at radius 1 is 1.64 bits per heavy atom. The first-order chi connectivity index (χ1) is 6.57. The summed E-state index contributed by atoms with van der Waals surface area (Å²) in [7, 11) is 0. The summed E-state index contributed by atoms with van der Waals surface area (Å²) in [6.45, 7) is 1.97. The van der Waals surface area contributed by atoms with Crippen molar-refractivity contribution in [1.29, 1.82) is 0 Å². The molecule has 0 spiro atoms. The molecule has 0 heterocycles. The highest BCUT2D eigenvalue weighted by atomic mass is 35.5. The molecule has 0 saturated carbocycles. The Morgan fingerprint density at radius 2 is 2.29 bits per heavy atom. The van der Waals surface area contributed by atoms with Gasteiger partial charge in [0.25, 0.3) is 0 Å². The van der Waals surface area contributed by atoms with Crippen LogP contribution < -0.4 is 5.73 Å². The lowest BCUT2D eigenvalue weighted by molar-refractivity contribution is 0.0698. The molecule has 0 atom stereocenters. The van der Waals surface area contributed by atoms with Crippen LogP contribution >= 0.6 is 23.4 Å². The van der Waals surface area contributed by atoms with Gasteiger partial charge in [-0.05, 0) is 17.9 Å². The molecule has 5 heteroatoms. The summed E-state index contributed by atoms with van der Waals surface area (Å²) in [5.74, 6) is -0.253. The summed E-state index contributed by atoms with van der Waals surface area (Å²) in [4.78, 5) is 11.6. The second-order valence-corrected chi connectivity index (χ2v) is 4.29. The molecule has 0 aliphatic carbocycles. The van der Waals surface area contributed by atoms with Gasteiger partial charge in [-0.15, -0.1) is 11.8 Å². The molecular weight excluding hydrogens is 222 g/mol. The third-order valence-electron chi connectivity index (χ3n) is 1.67. The molecule has 0 aliphatic rings. The number of nitrogens with two attached hydrogens (primary N) is 1. The molecule has 1 rings (SSSR count). The summed E-state index contributed by atoms with van der Waals surface area (Å²) >= 11 is 7.22. The zero-order chi connectivity index (χ0) is 10.7. The molecule has 1 aromatic carbocycles. The average Bonchev–Trinajstić information content (AvgIpc) is 2.10. The van der Waals surface area contributed by atoms with Crippen LogP contribution in [0.25, 0.3) is 0 Å². The number of thioether (sulfide) groups is 1. The summed E-state index contributed by atoms with van der Waals surface area (Å²) in [5.41, 5.74) is 5.92. The second kappa shape index (κ2) is 4.57. The van der Waals surface area contributed by atoms with Gasteiger partial charge in [-0.1, -0.05) is 18.5 Å². The lowest BCUT2D eigenvalue weighted by atomic mass is 10.2. The fourth-order valence-electron chi connectivity index (χ4n) is 1.07. The number of aromatic carboxylic acids is 1. The normalized spacial score (nSPS) is 10.1. The van der Waals surface area contributed by atoms with Crippen LogP contribution in [0.5, 0.6) is 0 Å². The molecule has 0 radical (unpaired) electrons. The minimum absolute atomic E-state index is 0.00915. The van der Waals surface area contributed by atoms with E-state index in [0.717, 1.165) is 10.6 Å². The Bertz CT molecular complexity index is 368. The van der Waals surface area contributed by atoms with E-state index in [1.165, 1.54) is 11.8 Å². The molecule has 3 nitrogen and oxygen atoms in total. The lowest BCUT2D eigenvalue weighted by Gasteiger charge is -2.08. The number of carboxylic acids is 1. The predicted molar refractivity (Wildman–Crippen MR) is 59.2 cm³/mol. The van der Waals surface area contributed by atoms with Crippen LogP contribution in [0.2, 0.25) is 5.02 Å². The van der Waals surface area contributed by atoms with Gasteiger partial charge >= 0.3 is 5.97 Å².